The molecule has 0 bridgehead atoms. The van der Waals surface area contributed by atoms with Crippen molar-refractivity contribution >= 4 is 88.4 Å². The lowest BCUT2D eigenvalue weighted by molar-refractivity contribution is -0.182. The van der Waals surface area contributed by atoms with Crippen molar-refractivity contribution in [3.8, 4) is 0 Å². The van der Waals surface area contributed by atoms with E-state index < -0.39 is 191 Å². The van der Waals surface area contributed by atoms with Crippen LogP contribution >= 0.6 is 11.6 Å². The van der Waals surface area contributed by atoms with E-state index in [0.29, 0.717) is 44.9 Å². The van der Waals surface area contributed by atoms with Gasteiger partial charge in [-0.3, -0.25) is 62.3 Å². The molecule has 3 aliphatic heterocycles. The van der Waals surface area contributed by atoms with Crippen molar-refractivity contribution in [2.24, 2.45) is 35.5 Å². The molecular formula is C75H121ClF3N13O14. The van der Waals surface area contributed by atoms with Gasteiger partial charge in [-0.2, -0.15) is 13.2 Å². The Hall–Kier alpha value is -6.85. The van der Waals surface area contributed by atoms with Crippen molar-refractivity contribution in [3.63, 3.8) is 0 Å². The van der Waals surface area contributed by atoms with Gasteiger partial charge in [-0.15, -0.1) is 11.6 Å². The van der Waals surface area contributed by atoms with E-state index >= 15 is 24.0 Å². The largest absolute Gasteiger partial charge is 0.393 e. The lowest BCUT2D eigenvalue weighted by atomic mass is 9.78. The Labute approximate surface area is 629 Å². The van der Waals surface area contributed by atoms with Crippen LogP contribution in [0.5, 0.6) is 0 Å². The smallest absolute Gasteiger partial charge is 0.378 e. The number of nitrogens with zero attached hydrogens (tertiary/aromatic N) is 10. The zero-order chi connectivity index (χ0) is 78.6. The SMILES string of the molecule is CC[C@H](C)[C@@H]1NC(=O)[C@H](CC(C)C)N(C)C(=O)C[C@@H](C(=O)N(C)C)N(C)C(=O)[C@H](C2CCCC2)N(C)C(=O)C2(CCCC2)NC(=O)[C@H](CC(=O)N2CCOCC2)N(C)C(=O)[C@H](CCC2CCC(C(F)(F)F)C(Cl)C2)NC(=O)CN(C)C(=O)[C@H](CC2CCCCC2)N(C)C(=O)[C@@H]2CCN2C(=O)[C@H](C)N(C)C1=O. The first-order valence-electron chi connectivity index (χ1n) is 38.7. The Morgan fingerprint density at radius 3 is 1.82 bits per heavy atom. The highest BCUT2D eigenvalue weighted by atomic mass is 35.5. The van der Waals surface area contributed by atoms with Gasteiger partial charge in [0.2, 0.25) is 76.8 Å². The van der Waals surface area contributed by atoms with Crippen LogP contribution in [0.2, 0.25) is 0 Å². The molecule has 27 nitrogen and oxygen atoms in total. The number of likely N-dealkylation sites (N-methyl/N-ethyl adjacent to an activating group) is 8. The number of amides is 13. The van der Waals surface area contributed by atoms with Crippen molar-refractivity contribution in [2.75, 3.05) is 103 Å². The number of fused-ring (bicyclic) bond motifs is 1. The second-order valence-corrected chi connectivity index (χ2v) is 32.7. The van der Waals surface area contributed by atoms with E-state index in [1.54, 1.807) is 6.92 Å². The summed E-state index contributed by atoms with van der Waals surface area (Å²) >= 11 is 6.44. The summed E-state index contributed by atoms with van der Waals surface area (Å²) in [5.41, 5.74) is -1.74. The summed E-state index contributed by atoms with van der Waals surface area (Å²) in [5.74, 6) is -12.4. The Balaban J connectivity index is 1.32. The number of rotatable bonds is 13. The molecule has 3 unspecified atom stereocenters. The van der Waals surface area contributed by atoms with Gasteiger partial charge in [0.05, 0.1) is 38.5 Å². The average Bonchev–Trinajstić information content (AvgIpc) is 1.50. The van der Waals surface area contributed by atoms with Crippen LogP contribution in [0.1, 0.15) is 189 Å². The fourth-order valence-electron chi connectivity index (χ4n) is 16.9. The van der Waals surface area contributed by atoms with Gasteiger partial charge in [-0.1, -0.05) is 91.9 Å². The summed E-state index contributed by atoms with van der Waals surface area (Å²) in [6.07, 6.45) is 2.38. The number of hydrogen-bond donors (Lipinski definition) is 3. The molecular weight excluding hydrogens is 1400 g/mol. The van der Waals surface area contributed by atoms with Crippen LogP contribution in [0.15, 0.2) is 0 Å². The topological polar surface area (TPSA) is 300 Å². The summed E-state index contributed by atoms with van der Waals surface area (Å²) in [7, 11) is 12.7. The van der Waals surface area contributed by atoms with Gasteiger partial charge >= 0.3 is 6.18 Å². The molecule has 1 spiro atoms. The van der Waals surface area contributed by atoms with E-state index in [-0.39, 0.29) is 109 Å². The van der Waals surface area contributed by atoms with Gasteiger partial charge in [-0.05, 0) is 114 Å². The van der Waals surface area contributed by atoms with E-state index in [2.05, 4.69) is 16.0 Å². The monoisotopic (exact) mass is 1520 g/mol. The molecule has 0 aromatic carbocycles. The highest BCUT2D eigenvalue weighted by Crippen LogP contribution is 2.44. The van der Waals surface area contributed by atoms with Gasteiger partial charge in [-0.25, -0.2) is 0 Å². The van der Waals surface area contributed by atoms with Crippen LogP contribution in [0.4, 0.5) is 13.2 Å². The van der Waals surface area contributed by atoms with E-state index in [0.717, 1.165) is 46.8 Å². The molecule has 7 rings (SSSR count). The second kappa shape index (κ2) is 38.0. The fourth-order valence-corrected chi connectivity index (χ4v) is 17.4. The molecule has 0 aromatic heterocycles. The van der Waals surface area contributed by atoms with Crippen LogP contribution < -0.4 is 16.0 Å². The molecule has 0 aromatic rings. The average molecular weight is 1520 g/mol. The summed E-state index contributed by atoms with van der Waals surface area (Å²) in [4.78, 5) is 209. The molecule has 7 fully saturated rings. The minimum absolute atomic E-state index is 0.00403. The lowest BCUT2D eigenvalue weighted by Crippen LogP contribution is -2.65. The third kappa shape index (κ3) is 20.9. The Bertz CT molecular complexity index is 3140. The molecule has 4 saturated carbocycles. The van der Waals surface area contributed by atoms with Gasteiger partial charge in [0.25, 0.3) is 0 Å². The minimum Gasteiger partial charge on any atom is -0.378 e. The molecule has 106 heavy (non-hydrogen) atoms. The number of hydrogen-bond acceptors (Lipinski definition) is 14. The number of nitrogens with one attached hydrogen (secondary N) is 3. The zero-order valence-electron chi connectivity index (χ0n) is 65.2. The fraction of sp³-hybridized carbons (Fsp3) is 0.827. The van der Waals surface area contributed by atoms with Crippen LogP contribution in [0, 0.1) is 35.5 Å². The molecule has 598 valence electrons. The normalized spacial score (nSPS) is 30.2. The van der Waals surface area contributed by atoms with Crippen molar-refractivity contribution in [1.82, 2.24) is 64.9 Å². The molecule has 0 radical (unpaired) electrons. The molecule has 3 heterocycles. The molecule has 7 aliphatic rings. The van der Waals surface area contributed by atoms with Crippen molar-refractivity contribution in [1.29, 1.82) is 0 Å². The highest BCUT2D eigenvalue weighted by molar-refractivity contribution is 6.21. The lowest BCUT2D eigenvalue weighted by Gasteiger charge is -2.45. The quantitative estimate of drug-likeness (QED) is 0.209. The molecule has 4 aliphatic carbocycles. The van der Waals surface area contributed by atoms with E-state index in [9.17, 15) is 51.5 Å². The van der Waals surface area contributed by atoms with Crippen molar-refractivity contribution < 1.29 is 80.2 Å². The standard InChI is InChI=1S/C75H121ClF3N13O14/c1-15-46(4)62-71(103)85(9)47(5)66(98)92-34-31-54(92)70(102)88(12)57(41-48-23-17-16-18-24-48)69(101)84(8)44-59(93)80-53(30-28-49-27-29-51(52(76)40-49)75(77,78)79)67(99)87(11)56(42-61(95)91-35-37-106-38-36-91)65(97)82-74(32-21-22-33-74)73(105)90(14)63(50-25-19-20-26-50)72(104)89(13)58(68(100)83(6)7)43-60(94)86(10)55(39-45(2)3)64(96)81-62/h45-58,62-63H,15-44H2,1-14H3,(H,80,93)(H,81,96)(H,82,97)/t46-,47-,49?,51?,52?,53-,54-,55-,56-,57-,58-,62-,63-/m0/s1. The number of ether oxygens (including phenoxy) is 1. The molecule has 13 atom stereocenters. The van der Waals surface area contributed by atoms with Crippen LogP contribution in [0.25, 0.3) is 0 Å². The summed E-state index contributed by atoms with van der Waals surface area (Å²) in [6.45, 7) is 8.94. The zero-order valence-corrected chi connectivity index (χ0v) is 65.9. The summed E-state index contributed by atoms with van der Waals surface area (Å²) < 4.78 is 48.0. The summed E-state index contributed by atoms with van der Waals surface area (Å²) in [6, 6.07) is -11.8. The number of alkyl halides is 4. The van der Waals surface area contributed by atoms with Gasteiger partial charge in [0.1, 0.15) is 59.9 Å². The van der Waals surface area contributed by atoms with E-state index in [1.807, 2.05) is 20.8 Å². The van der Waals surface area contributed by atoms with Gasteiger partial charge in [0.15, 0.2) is 0 Å². The van der Waals surface area contributed by atoms with Crippen LogP contribution in [0.3, 0.4) is 0 Å². The maximum absolute atomic E-state index is 15.8. The van der Waals surface area contributed by atoms with E-state index in [4.69, 9.17) is 16.3 Å². The Kier molecular flexibility index (Phi) is 31.0. The Morgan fingerprint density at radius 1 is 0.642 bits per heavy atom. The first-order valence-corrected chi connectivity index (χ1v) is 39.1. The number of carbonyl (C=O) groups is 13. The molecule has 13 amide bonds. The molecule has 3 N–H and O–H groups in total. The predicted octanol–water partition coefficient (Wildman–Crippen LogP) is 4.79. The number of carbonyl (C=O) groups excluding carboxylic acids is 13. The maximum Gasteiger partial charge on any atom is 0.393 e. The first-order chi connectivity index (χ1) is 49.8. The van der Waals surface area contributed by atoms with Crippen molar-refractivity contribution in [2.45, 2.75) is 260 Å². The Morgan fingerprint density at radius 2 is 1.25 bits per heavy atom. The van der Waals surface area contributed by atoms with Crippen molar-refractivity contribution in [3.05, 3.63) is 0 Å². The maximum atomic E-state index is 15.8. The second-order valence-electron chi connectivity index (χ2n) is 32.2. The summed E-state index contributed by atoms with van der Waals surface area (Å²) in [5, 5.41) is 7.42. The van der Waals surface area contributed by atoms with Gasteiger partial charge < -0.3 is 69.7 Å². The van der Waals surface area contributed by atoms with Crippen LogP contribution in [-0.4, -0.2) is 300 Å². The molecule has 31 heteroatoms. The third-order valence-corrected chi connectivity index (χ3v) is 24.8. The first kappa shape index (κ1) is 86.4. The third-order valence-electron chi connectivity index (χ3n) is 24.3. The predicted molar refractivity (Wildman–Crippen MR) is 389 cm³/mol. The minimum atomic E-state index is -4.56. The van der Waals surface area contributed by atoms with Gasteiger partial charge in [0, 0.05) is 88.4 Å². The number of morpholine rings is 1. The highest BCUT2D eigenvalue weighted by Gasteiger charge is 2.53. The molecule has 3 saturated heterocycles. The number of halogens is 4. The van der Waals surface area contributed by atoms with Crippen LogP contribution in [-0.2, 0) is 67.1 Å². The van der Waals surface area contributed by atoms with E-state index in [1.165, 1.54) is 105 Å².